The van der Waals surface area contributed by atoms with E-state index in [2.05, 4.69) is 137 Å². The van der Waals surface area contributed by atoms with Gasteiger partial charge in [-0.05, 0) is 65.7 Å². The van der Waals surface area contributed by atoms with Crippen LogP contribution in [0.15, 0.2) is 188 Å². The lowest BCUT2D eigenvalue weighted by atomic mass is 10.0. The van der Waals surface area contributed by atoms with Crippen molar-refractivity contribution in [1.29, 1.82) is 0 Å². The summed E-state index contributed by atoms with van der Waals surface area (Å²) in [7, 11) is 0. The number of para-hydroxylation sites is 2. The van der Waals surface area contributed by atoms with Crippen molar-refractivity contribution in [2.45, 2.75) is 0 Å². The minimum atomic E-state index is 0.649. The van der Waals surface area contributed by atoms with Gasteiger partial charge in [0.15, 0.2) is 17.5 Å². The van der Waals surface area contributed by atoms with Gasteiger partial charge in [0.25, 0.3) is 0 Å². The standard InChI is InChI=1S/C47H31N5/c1-3-11-33(12-4-1)45-48-46(34-13-5-2-6-14-34)50-47(49-45)35-21-19-32(20-22-35)36-23-28-42-37(31-36)29-30-51(42)38-24-26-39(27-25-38)52-43-17-9-7-15-40(43)41-16-8-10-18-44(41)52/h1-31H. The van der Waals surface area contributed by atoms with Crippen molar-refractivity contribution >= 4 is 32.7 Å². The first-order valence-electron chi connectivity index (χ1n) is 17.4. The molecule has 10 aromatic rings. The van der Waals surface area contributed by atoms with E-state index in [1.165, 1.54) is 27.2 Å². The summed E-state index contributed by atoms with van der Waals surface area (Å²) in [5.41, 5.74) is 11.0. The van der Waals surface area contributed by atoms with Crippen LogP contribution >= 0.6 is 0 Å². The van der Waals surface area contributed by atoms with Crippen molar-refractivity contribution in [3.63, 3.8) is 0 Å². The molecule has 0 N–H and O–H groups in total. The number of rotatable bonds is 6. The number of benzene rings is 7. The summed E-state index contributed by atoms with van der Waals surface area (Å²) in [6, 6.07) is 63.6. The third-order valence-corrected chi connectivity index (χ3v) is 9.83. The van der Waals surface area contributed by atoms with E-state index in [4.69, 9.17) is 15.0 Å². The fraction of sp³-hybridized carbons (Fsp3) is 0. The molecule has 0 radical (unpaired) electrons. The molecule has 0 aliphatic rings. The molecule has 3 aromatic heterocycles. The van der Waals surface area contributed by atoms with Crippen molar-refractivity contribution in [2.24, 2.45) is 0 Å². The minimum Gasteiger partial charge on any atom is -0.317 e. The second kappa shape index (κ2) is 12.3. The van der Waals surface area contributed by atoms with Gasteiger partial charge in [-0.1, -0.05) is 127 Å². The van der Waals surface area contributed by atoms with Gasteiger partial charge in [0, 0.05) is 50.4 Å². The van der Waals surface area contributed by atoms with Crippen molar-refractivity contribution in [3.8, 4) is 56.7 Å². The van der Waals surface area contributed by atoms with Crippen LogP contribution in [0.2, 0.25) is 0 Å². The molecule has 7 aromatic carbocycles. The van der Waals surface area contributed by atoms with E-state index in [0.29, 0.717) is 17.5 Å². The summed E-state index contributed by atoms with van der Waals surface area (Å²) in [6.45, 7) is 0. The van der Waals surface area contributed by atoms with Gasteiger partial charge in [-0.3, -0.25) is 0 Å². The van der Waals surface area contributed by atoms with E-state index >= 15 is 0 Å². The van der Waals surface area contributed by atoms with Crippen LogP contribution < -0.4 is 0 Å². The smallest absolute Gasteiger partial charge is 0.164 e. The molecule has 0 aliphatic heterocycles. The van der Waals surface area contributed by atoms with Gasteiger partial charge in [0.2, 0.25) is 0 Å². The number of fused-ring (bicyclic) bond motifs is 4. The fourth-order valence-electron chi connectivity index (χ4n) is 7.26. The summed E-state index contributed by atoms with van der Waals surface area (Å²) in [5.74, 6) is 1.96. The number of nitrogens with zero attached hydrogens (tertiary/aromatic N) is 5. The Labute approximate surface area is 300 Å². The van der Waals surface area contributed by atoms with Gasteiger partial charge in [0.1, 0.15) is 0 Å². The zero-order chi connectivity index (χ0) is 34.4. The Morgan fingerprint density at radius 3 is 1.37 bits per heavy atom. The van der Waals surface area contributed by atoms with Crippen LogP contribution in [0.1, 0.15) is 0 Å². The van der Waals surface area contributed by atoms with Crippen LogP contribution in [0.25, 0.3) is 89.4 Å². The molecular weight excluding hydrogens is 635 g/mol. The summed E-state index contributed by atoms with van der Waals surface area (Å²) >= 11 is 0. The van der Waals surface area contributed by atoms with Crippen LogP contribution in [0.3, 0.4) is 0 Å². The van der Waals surface area contributed by atoms with Gasteiger partial charge in [0.05, 0.1) is 16.6 Å². The Kier molecular flexibility index (Phi) is 7.07. The van der Waals surface area contributed by atoms with Gasteiger partial charge >= 0.3 is 0 Å². The lowest BCUT2D eigenvalue weighted by Gasteiger charge is -2.11. The first-order valence-corrected chi connectivity index (χ1v) is 17.4. The molecule has 0 aliphatic carbocycles. The molecule has 244 valence electrons. The molecule has 0 saturated heterocycles. The van der Waals surface area contributed by atoms with Crippen LogP contribution in [0.5, 0.6) is 0 Å². The molecule has 0 unspecified atom stereocenters. The monoisotopic (exact) mass is 665 g/mol. The van der Waals surface area contributed by atoms with Gasteiger partial charge in [-0.15, -0.1) is 0 Å². The number of hydrogen-bond acceptors (Lipinski definition) is 3. The van der Waals surface area contributed by atoms with E-state index in [1.807, 2.05) is 60.7 Å². The van der Waals surface area contributed by atoms with Crippen molar-refractivity contribution < 1.29 is 0 Å². The van der Waals surface area contributed by atoms with Crippen LogP contribution in [-0.4, -0.2) is 24.1 Å². The number of aromatic nitrogens is 5. The van der Waals surface area contributed by atoms with E-state index < -0.39 is 0 Å². The predicted octanol–water partition coefficient (Wildman–Crippen LogP) is 11.6. The molecule has 0 spiro atoms. The first kappa shape index (κ1) is 29.8. The topological polar surface area (TPSA) is 48.5 Å². The molecule has 0 amide bonds. The lowest BCUT2D eigenvalue weighted by Crippen LogP contribution is -2.00. The van der Waals surface area contributed by atoms with E-state index in [9.17, 15) is 0 Å². The summed E-state index contributed by atoms with van der Waals surface area (Å²) in [5, 5.41) is 3.72. The van der Waals surface area contributed by atoms with Crippen LogP contribution in [0, 0.1) is 0 Å². The lowest BCUT2D eigenvalue weighted by molar-refractivity contribution is 1.07. The SMILES string of the molecule is c1ccc(-c2nc(-c3ccccc3)nc(-c3ccc(-c4ccc5c(ccn5-c5ccc(-n6c7ccccc7c7ccccc76)cc5)c4)cc3)n2)cc1. The second-order valence-corrected chi connectivity index (χ2v) is 13.0. The minimum absolute atomic E-state index is 0.649. The van der Waals surface area contributed by atoms with E-state index in [1.54, 1.807) is 0 Å². The summed E-state index contributed by atoms with van der Waals surface area (Å²) < 4.78 is 4.61. The summed E-state index contributed by atoms with van der Waals surface area (Å²) in [6.07, 6.45) is 2.16. The van der Waals surface area contributed by atoms with E-state index in [0.717, 1.165) is 44.7 Å². The van der Waals surface area contributed by atoms with Crippen LogP contribution in [-0.2, 0) is 0 Å². The second-order valence-electron chi connectivity index (χ2n) is 13.0. The number of hydrogen-bond donors (Lipinski definition) is 0. The van der Waals surface area contributed by atoms with E-state index in [-0.39, 0.29) is 0 Å². The Balaban J connectivity index is 0.954. The van der Waals surface area contributed by atoms with Gasteiger partial charge < -0.3 is 9.13 Å². The molecule has 5 heteroatoms. The molecule has 5 nitrogen and oxygen atoms in total. The quantitative estimate of drug-likeness (QED) is 0.178. The normalized spacial score (nSPS) is 11.5. The molecule has 3 heterocycles. The highest BCUT2D eigenvalue weighted by Gasteiger charge is 2.14. The maximum atomic E-state index is 4.89. The highest BCUT2D eigenvalue weighted by atomic mass is 15.0. The van der Waals surface area contributed by atoms with Crippen LogP contribution in [0.4, 0.5) is 0 Å². The summed E-state index contributed by atoms with van der Waals surface area (Å²) in [4.78, 5) is 14.6. The van der Waals surface area contributed by atoms with Crippen molar-refractivity contribution in [2.75, 3.05) is 0 Å². The largest absolute Gasteiger partial charge is 0.317 e. The Morgan fingerprint density at radius 1 is 0.327 bits per heavy atom. The van der Waals surface area contributed by atoms with Gasteiger partial charge in [-0.2, -0.15) is 0 Å². The highest BCUT2D eigenvalue weighted by molar-refractivity contribution is 6.09. The molecule has 0 fully saturated rings. The molecule has 0 saturated carbocycles. The third kappa shape index (κ3) is 5.15. The fourth-order valence-corrected chi connectivity index (χ4v) is 7.26. The Morgan fingerprint density at radius 2 is 0.788 bits per heavy atom. The first-order chi connectivity index (χ1) is 25.8. The maximum absolute atomic E-state index is 4.89. The third-order valence-electron chi connectivity index (χ3n) is 9.83. The molecule has 52 heavy (non-hydrogen) atoms. The molecule has 0 atom stereocenters. The predicted molar refractivity (Wildman–Crippen MR) is 213 cm³/mol. The maximum Gasteiger partial charge on any atom is 0.164 e. The Hall–Kier alpha value is -7.11. The Bertz CT molecular complexity index is 2760. The zero-order valence-electron chi connectivity index (χ0n) is 28.1. The molecular formula is C47H31N5. The van der Waals surface area contributed by atoms with Crippen molar-refractivity contribution in [1.82, 2.24) is 24.1 Å². The average molecular weight is 666 g/mol. The van der Waals surface area contributed by atoms with Crippen molar-refractivity contribution in [3.05, 3.63) is 188 Å². The average Bonchev–Trinajstić information content (AvgIpc) is 3.81. The molecule has 0 bridgehead atoms. The molecule has 10 rings (SSSR count). The highest BCUT2D eigenvalue weighted by Crippen LogP contribution is 2.33. The zero-order valence-corrected chi connectivity index (χ0v) is 28.1. The van der Waals surface area contributed by atoms with Gasteiger partial charge in [-0.25, -0.2) is 15.0 Å².